The van der Waals surface area contributed by atoms with Gasteiger partial charge < -0.3 is 4.74 Å². The molecule has 0 aliphatic heterocycles. The number of sulfonamides is 1. The smallest absolute Gasteiger partial charge is 0.240 e. The molecule has 114 valence electrons. The Bertz CT molecular complexity index is 498. The molecular formula is C15H25NO3S. The quantitative estimate of drug-likeness (QED) is 0.842. The third-order valence-corrected chi connectivity index (χ3v) is 4.65. The third kappa shape index (κ3) is 4.49. The zero-order valence-electron chi connectivity index (χ0n) is 12.9. The molecule has 0 saturated carbocycles. The molecule has 0 saturated heterocycles. The van der Waals surface area contributed by atoms with E-state index in [1.807, 2.05) is 34.6 Å². The van der Waals surface area contributed by atoms with E-state index in [-0.39, 0.29) is 22.8 Å². The molecule has 0 amide bonds. The Morgan fingerprint density at radius 2 is 1.55 bits per heavy atom. The van der Waals surface area contributed by atoms with E-state index in [9.17, 15) is 8.42 Å². The molecule has 0 spiro atoms. The first-order chi connectivity index (χ1) is 9.27. The van der Waals surface area contributed by atoms with Crippen LogP contribution in [0.4, 0.5) is 0 Å². The van der Waals surface area contributed by atoms with Gasteiger partial charge in [0, 0.05) is 6.04 Å². The van der Waals surface area contributed by atoms with Crippen LogP contribution in [0.5, 0.6) is 5.75 Å². The molecule has 0 atom stereocenters. The molecule has 0 radical (unpaired) electrons. The van der Waals surface area contributed by atoms with Crippen molar-refractivity contribution < 1.29 is 13.2 Å². The summed E-state index contributed by atoms with van der Waals surface area (Å²) < 4.78 is 32.8. The zero-order valence-corrected chi connectivity index (χ0v) is 13.7. The molecule has 0 bridgehead atoms. The van der Waals surface area contributed by atoms with Crippen molar-refractivity contribution in [2.75, 3.05) is 6.61 Å². The van der Waals surface area contributed by atoms with Gasteiger partial charge in [-0.3, -0.25) is 0 Å². The van der Waals surface area contributed by atoms with Crippen LogP contribution in [0.2, 0.25) is 0 Å². The highest BCUT2D eigenvalue weighted by atomic mass is 32.2. The standard InChI is InChI=1S/C15H25NO3S/c1-6-19-13-7-9-14(10-8-13)20(17,18)16-15(11(2)3)12(4)5/h7-12,15-16H,6H2,1-5H3. The first-order valence-electron chi connectivity index (χ1n) is 7.03. The lowest BCUT2D eigenvalue weighted by atomic mass is 9.94. The summed E-state index contributed by atoms with van der Waals surface area (Å²) in [7, 11) is -3.49. The molecule has 1 aromatic rings. The molecule has 1 rings (SSSR count). The van der Waals surface area contributed by atoms with Crippen molar-refractivity contribution in [2.45, 2.75) is 45.6 Å². The first kappa shape index (κ1) is 17.0. The Hall–Kier alpha value is -1.07. The average Bonchev–Trinajstić information content (AvgIpc) is 2.36. The molecular weight excluding hydrogens is 274 g/mol. The number of hydrogen-bond donors (Lipinski definition) is 1. The van der Waals surface area contributed by atoms with E-state index in [0.29, 0.717) is 12.4 Å². The molecule has 0 fully saturated rings. The van der Waals surface area contributed by atoms with Crippen LogP contribution in [0, 0.1) is 11.8 Å². The van der Waals surface area contributed by atoms with Gasteiger partial charge in [-0.25, -0.2) is 13.1 Å². The highest BCUT2D eigenvalue weighted by Crippen LogP contribution is 2.19. The summed E-state index contributed by atoms with van der Waals surface area (Å²) >= 11 is 0. The van der Waals surface area contributed by atoms with Gasteiger partial charge in [0.2, 0.25) is 10.0 Å². The molecule has 0 aliphatic rings. The Morgan fingerprint density at radius 1 is 1.05 bits per heavy atom. The minimum Gasteiger partial charge on any atom is -0.494 e. The number of benzene rings is 1. The average molecular weight is 299 g/mol. The van der Waals surface area contributed by atoms with Crippen molar-refractivity contribution in [3.63, 3.8) is 0 Å². The minimum atomic E-state index is -3.49. The highest BCUT2D eigenvalue weighted by Gasteiger charge is 2.24. The molecule has 4 nitrogen and oxygen atoms in total. The maximum atomic E-state index is 12.4. The van der Waals surface area contributed by atoms with E-state index in [0.717, 1.165) is 0 Å². The lowest BCUT2D eigenvalue weighted by Gasteiger charge is -2.25. The molecule has 0 heterocycles. The van der Waals surface area contributed by atoms with Gasteiger partial charge in [-0.2, -0.15) is 0 Å². The van der Waals surface area contributed by atoms with E-state index in [4.69, 9.17) is 4.74 Å². The van der Waals surface area contributed by atoms with Crippen molar-refractivity contribution >= 4 is 10.0 Å². The molecule has 0 aliphatic carbocycles. The summed E-state index contributed by atoms with van der Waals surface area (Å²) in [4.78, 5) is 0.271. The third-order valence-electron chi connectivity index (χ3n) is 3.17. The largest absolute Gasteiger partial charge is 0.494 e. The van der Waals surface area contributed by atoms with Crippen LogP contribution in [-0.2, 0) is 10.0 Å². The topological polar surface area (TPSA) is 55.4 Å². The van der Waals surface area contributed by atoms with Gasteiger partial charge in [-0.15, -0.1) is 0 Å². The predicted octanol–water partition coefficient (Wildman–Crippen LogP) is 3.04. The summed E-state index contributed by atoms with van der Waals surface area (Å²) in [5, 5.41) is 0. The fraction of sp³-hybridized carbons (Fsp3) is 0.600. The summed E-state index contributed by atoms with van der Waals surface area (Å²) in [5.74, 6) is 1.16. The predicted molar refractivity (Wildman–Crippen MR) is 81.4 cm³/mol. The Morgan fingerprint density at radius 3 is 1.95 bits per heavy atom. The van der Waals surface area contributed by atoms with Crippen molar-refractivity contribution in [1.29, 1.82) is 0 Å². The minimum absolute atomic E-state index is 0.0773. The van der Waals surface area contributed by atoms with Gasteiger partial charge in [0.05, 0.1) is 11.5 Å². The van der Waals surface area contributed by atoms with E-state index in [2.05, 4.69) is 4.72 Å². The molecule has 0 unspecified atom stereocenters. The van der Waals surface area contributed by atoms with Gasteiger partial charge in [-0.1, -0.05) is 27.7 Å². The zero-order chi connectivity index (χ0) is 15.3. The fourth-order valence-corrected chi connectivity index (χ4v) is 3.70. The number of hydrogen-bond acceptors (Lipinski definition) is 3. The van der Waals surface area contributed by atoms with Crippen molar-refractivity contribution in [3.8, 4) is 5.75 Å². The summed E-state index contributed by atoms with van der Waals surface area (Å²) in [5.41, 5.74) is 0. The van der Waals surface area contributed by atoms with Crippen LogP contribution < -0.4 is 9.46 Å². The lowest BCUT2D eigenvalue weighted by molar-refractivity contribution is 0.340. The SMILES string of the molecule is CCOc1ccc(S(=O)(=O)NC(C(C)C)C(C)C)cc1. The van der Waals surface area contributed by atoms with Crippen LogP contribution in [0.1, 0.15) is 34.6 Å². The first-order valence-corrected chi connectivity index (χ1v) is 8.51. The van der Waals surface area contributed by atoms with Gasteiger partial charge in [-0.05, 0) is 43.0 Å². The summed E-state index contributed by atoms with van der Waals surface area (Å²) in [6, 6.07) is 6.43. The second kappa shape index (κ2) is 7.09. The number of ether oxygens (including phenoxy) is 1. The maximum absolute atomic E-state index is 12.4. The summed E-state index contributed by atoms with van der Waals surface area (Å²) in [6.07, 6.45) is 0. The normalized spacial score (nSPS) is 12.4. The van der Waals surface area contributed by atoms with Crippen molar-refractivity contribution in [1.82, 2.24) is 4.72 Å². The molecule has 0 aromatic heterocycles. The van der Waals surface area contributed by atoms with Crippen molar-refractivity contribution in [2.24, 2.45) is 11.8 Å². The van der Waals surface area contributed by atoms with Crippen LogP contribution in [-0.4, -0.2) is 21.1 Å². The van der Waals surface area contributed by atoms with Crippen molar-refractivity contribution in [3.05, 3.63) is 24.3 Å². The van der Waals surface area contributed by atoms with Crippen LogP contribution in [0.25, 0.3) is 0 Å². The lowest BCUT2D eigenvalue weighted by Crippen LogP contribution is -2.42. The Labute approximate surface area is 122 Å². The summed E-state index contributed by atoms with van der Waals surface area (Å²) in [6.45, 7) is 10.5. The van der Waals surface area contributed by atoms with E-state index >= 15 is 0 Å². The maximum Gasteiger partial charge on any atom is 0.240 e. The number of nitrogens with one attached hydrogen (secondary N) is 1. The Balaban J connectivity index is 2.92. The van der Waals surface area contributed by atoms with Gasteiger partial charge in [0.25, 0.3) is 0 Å². The molecule has 1 aromatic carbocycles. The molecule has 5 heteroatoms. The van der Waals surface area contributed by atoms with Gasteiger partial charge in [0.1, 0.15) is 5.75 Å². The van der Waals surface area contributed by atoms with E-state index in [1.165, 1.54) is 0 Å². The molecule has 1 N–H and O–H groups in total. The second-order valence-electron chi connectivity index (χ2n) is 5.54. The second-order valence-corrected chi connectivity index (χ2v) is 7.25. The monoisotopic (exact) mass is 299 g/mol. The van der Waals surface area contributed by atoms with E-state index in [1.54, 1.807) is 24.3 Å². The highest BCUT2D eigenvalue weighted by molar-refractivity contribution is 7.89. The fourth-order valence-electron chi connectivity index (χ4n) is 2.17. The van der Waals surface area contributed by atoms with Gasteiger partial charge >= 0.3 is 0 Å². The van der Waals surface area contributed by atoms with Crippen LogP contribution in [0.3, 0.4) is 0 Å². The Kier molecular flexibility index (Phi) is 6.02. The van der Waals surface area contributed by atoms with Crippen LogP contribution >= 0.6 is 0 Å². The van der Waals surface area contributed by atoms with E-state index < -0.39 is 10.0 Å². The van der Waals surface area contributed by atoms with Crippen LogP contribution in [0.15, 0.2) is 29.2 Å². The van der Waals surface area contributed by atoms with Gasteiger partial charge in [0.15, 0.2) is 0 Å². The number of rotatable bonds is 7. The molecule has 20 heavy (non-hydrogen) atoms.